The average molecular weight is 757 g/mol. The summed E-state index contributed by atoms with van der Waals surface area (Å²) >= 11 is 1.73. The summed E-state index contributed by atoms with van der Waals surface area (Å²) in [7, 11) is 0. The van der Waals surface area contributed by atoms with Crippen LogP contribution in [0.5, 0.6) is 0 Å². The number of nitrogens with zero attached hydrogens (tertiary/aromatic N) is 4. The molecule has 268 valence electrons. The van der Waals surface area contributed by atoms with Crippen LogP contribution in [0, 0.1) is 0 Å². The van der Waals surface area contributed by atoms with Crippen molar-refractivity contribution in [3.8, 4) is 39.5 Å². The van der Waals surface area contributed by atoms with E-state index in [-0.39, 0.29) is 0 Å². The molecule has 6 heteroatoms. The van der Waals surface area contributed by atoms with Crippen molar-refractivity contribution >= 4 is 103 Å². The molecule has 6 aromatic heterocycles. The van der Waals surface area contributed by atoms with E-state index in [9.17, 15) is 0 Å². The second kappa shape index (κ2) is 11.1. The molecule has 14 rings (SSSR count). The molecule has 0 spiro atoms. The van der Waals surface area contributed by atoms with Gasteiger partial charge in [0, 0.05) is 48.0 Å². The number of aromatic nitrogens is 4. The molecule has 6 heterocycles. The van der Waals surface area contributed by atoms with Gasteiger partial charge in [0.25, 0.3) is 0 Å². The predicted molar refractivity (Wildman–Crippen MR) is 241 cm³/mol. The van der Waals surface area contributed by atoms with E-state index < -0.39 is 0 Å². The number of furan rings is 1. The summed E-state index contributed by atoms with van der Waals surface area (Å²) in [4.78, 5) is 12.0. The van der Waals surface area contributed by atoms with E-state index in [0.29, 0.717) is 5.95 Å². The summed E-state index contributed by atoms with van der Waals surface area (Å²) in [6.45, 7) is 0. The first-order valence-electron chi connectivity index (χ1n) is 19.6. The summed E-state index contributed by atoms with van der Waals surface area (Å²) < 4.78 is 12.6. The quantitative estimate of drug-likeness (QED) is 0.180. The maximum atomic E-state index is 6.64. The van der Waals surface area contributed by atoms with Crippen molar-refractivity contribution in [3.05, 3.63) is 170 Å². The van der Waals surface area contributed by atoms with Gasteiger partial charge in [0.15, 0.2) is 0 Å². The Balaban J connectivity index is 1.06. The monoisotopic (exact) mass is 756 g/mol. The standard InChI is InChI=1S/C52H28N4OS/c1-2-10-29(11-3-1)30-20-22-31(23-21-30)32-12-8-13-33(28-32)49-44-36-15-5-7-19-43(36)58-51(44)54-52(53-49)56-39-18-9-17-38-45(39)46-40(56)25-27-41-47(46)48-42(57-41)26-24-35-34-14-4-6-16-37(34)55(38)50(35)48/h1-28H. The second-order valence-corrected chi connectivity index (χ2v) is 16.3. The van der Waals surface area contributed by atoms with Gasteiger partial charge in [0.1, 0.15) is 16.0 Å². The summed E-state index contributed by atoms with van der Waals surface area (Å²) in [6, 6.07) is 60.9. The zero-order chi connectivity index (χ0) is 37.6. The Bertz CT molecular complexity index is 3960. The second-order valence-electron chi connectivity index (χ2n) is 15.3. The van der Waals surface area contributed by atoms with Crippen molar-refractivity contribution < 1.29 is 4.42 Å². The highest BCUT2D eigenvalue weighted by Crippen LogP contribution is 2.49. The first-order chi connectivity index (χ1) is 28.8. The number of hydrogen-bond acceptors (Lipinski definition) is 4. The number of fused-ring (bicyclic) bond motifs is 7. The van der Waals surface area contributed by atoms with E-state index in [1.54, 1.807) is 11.3 Å². The molecule has 0 aliphatic rings. The highest BCUT2D eigenvalue weighted by molar-refractivity contribution is 7.25. The van der Waals surface area contributed by atoms with E-state index in [1.165, 1.54) is 53.8 Å². The van der Waals surface area contributed by atoms with Crippen molar-refractivity contribution in [2.24, 2.45) is 0 Å². The van der Waals surface area contributed by atoms with E-state index in [4.69, 9.17) is 14.4 Å². The predicted octanol–water partition coefficient (Wildman–Crippen LogP) is 14.3. The topological polar surface area (TPSA) is 48.3 Å². The van der Waals surface area contributed by atoms with Crippen LogP contribution in [0.25, 0.3) is 131 Å². The molecule has 0 aliphatic heterocycles. The van der Waals surface area contributed by atoms with Gasteiger partial charge in [-0.2, -0.15) is 0 Å². The Hall–Kier alpha value is -7.54. The van der Waals surface area contributed by atoms with Gasteiger partial charge < -0.3 is 8.82 Å². The molecule has 0 aliphatic carbocycles. The normalized spacial score (nSPS) is 12.5. The molecule has 0 unspecified atom stereocenters. The van der Waals surface area contributed by atoms with Gasteiger partial charge in [-0.3, -0.25) is 4.57 Å². The molecule has 0 saturated heterocycles. The van der Waals surface area contributed by atoms with Gasteiger partial charge in [-0.15, -0.1) is 11.3 Å². The Kier molecular flexibility index (Phi) is 5.85. The van der Waals surface area contributed by atoms with Crippen molar-refractivity contribution in [1.82, 2.24) is 18.9 Å². The van der Waals surface area contributed by atoms with Crippen molar-refractivity contribution in [2.75, 3.05) is 0 Å². The molecule has 0 N–H and O–H groups in total. The minimum atomic E-state index is 0.652. The molecule has 0 bridgehead atoms. The maximum absolute atomic E-state index is 6.64. The van der Waals surface area contributed by atoms with Crippen LogP contribution in [-0.4, -0.2) is 18.9 Å². The molecular weight excluding hydrogens is 729 g/mol. The van der Waals surface area contributed by atoms with Gasteiger partial charge in [0.2, 0.25) is 5.95 Å². The summed E-state index contributed by atoms with van der Waals surface area (Å²) in [5, 5.41) is 9.36. The fourth-order valence-electron chi connectivity index (χ4n) is 9.83. The largest absolute Gasteiger partial charge is 0.456 e. The van der Waals surface area contributed by atoms with Gasteiger partial charge in [-0.05, 0) is 76.9 Å². The molecule has 5 nitrogen and oxygen atoms in total. The Morgan fingerprint density at radius 1 is 0.414 bits per heavy atom. The third-order valence-corrected chi connectivity index (χ3v) is 13.4. The van der Waals surface area contributed by atoms with E-state index in [1.807, 2.05) is 0 Å². The lowest BCUT2D eigenvalue weighted by Crippen LogP contribution is -2.03. The van der Waals surface area contributed by atoms with Gasteiger partial charge in [-0.25, -0.2) is 9.97 Å². The van der Waals surface area contributed by atoms with Gasteiger partial charge in [0.05, 0.1) is 38.7 Å². The molecular formula is C52H28N4OS. The smallest absolute Gasteiger partial charge is 0.236 e. The fourth-order valence-corrected chi connectivity index (χ4v) is 10.9. The molecule has 0 amide bonds. The zero-order valence-electron chi connectivity index (χ0n) is 30.8. The summed E-state index contributed by atoms with van der Waals surface area (Å²) in [5.74, 6) is 0.652. The van der Waals surface area contributed by atoms with Crippen molar-refractivity contribution in [1.29, 1.82) is 0 Å². The van der Waals surface area contributed by atoms with E-state index in [0.717, 1.165) is 71.1 Å². The molecule has 0 fully saturated rings. The van der Waals surface area contributed by atoms with Crippen LogP contribution in [0.1, 0.15) is 0 Å². The first kappa shape index (κ1) is 30.7. The number of rotatable bonds is 4. The summed E-state index contributed by atoms with van der Waals surface area (Å²) in [6.07, 6.45) is 0. The SMILES string of the molecule is c1ccc(-c2ccc(-c3cccc(-c4nc(-n5c6ccc7oc8ccc9c%10ccccc%10n%10c%11cccc5c%11c6c7c8c9%10)nc5sc6ccccc6c45)c3)cc2)cc1. The van der Waals surface area contributed by atoms with Gasteiger partial charge in [-0.1, -0.05) is 115 Å². The van der Waals surface area contributed by atoms with E-state index in [2.05, 4.69) is 179 Å². The number of thiophene rings is 1. The minimum absolute atomic E-state index is 0.652. The molecule has 58 heavy (non-hydrogen) atoms. The molecule has 8 aromatic carbocycles. The molecule has 0 radical (unpaired) electrons. The Labute approximate surface area is 333 Å². The summed E-state index contributed by atoms with van der Waals surface area (Å²) in [5.41, 5.74) is 14.1. The van der Waals surface area contributed by atoms with Crippen LogP contribution in [0.15, 0.2) is 174 Å². The maximum Gasteiger partial charge on any atom is 0.236 e. The lowest BCUT2D eigenvalue weighted by Gasteiger charge is -2.12. The third kappa shape index (κ3) is 3.94. The van der Waals surface area contributed by atoms with Crippen LogP contribution < -0.4 is 0 Å². The Morgan fingerprint density at radius 3 is 1.97 bits per heavy atom. The van der Waals surface area contributed by atoms with Crippen LogP contribution in [0.4, 0.5) is 0 Å². The average Bonchev–Trinajstić information content (AvgIpc) is 4.01. The number of benzene rings is 8. The van der Waals surface area contributed by atoms with E-state index >= 15 is 0 Å². The lowest BCUT2D eigenvalue weighted by molar-refractivity contribution is 0.669. The van der Waals surface area contributed by atoms with Gasteiger partial charge >= 0.3 is 0 Å². The highest BCUT2D eigenvalue weighted by Gasteiger charge is 2.27. The van der Waals surface area contributed by atoms with Crippen LogP contribution in [0.3, 0.4) is 0 Å². The Morgan fingerprint density at radius 2 is 1.07 bits per heavy atom. The zero-order valence-corrected chi connectivity index (χ0v) is 31.6. The number of para-hydroxylation sites is 1. The minimum Gasteiger partial charge on any atom is -0.456 e. The first-order valence-corrected chi connectivity index (χ1v) is 20.4. The number of hydrogen-bond donors (Lipinski definition) is 0. The molecule has 0 saturated carbocycles. The van der Waals surface area contributed by atoms with Crippen LogP contribution in [-0.2, 0) is 0 Å². The molecule has 0 atom stereocenters. The third-order valence-electron chi connectivity index (χ3n) is 12.3. The van der Waals surface area contributed by atoms with Crippen molar-refractivity contribution in [2.45, 2.75) is 0 Å². The van der Waals surface area contributed by atoms with Crippen molar-refractivity contribution in [3.63, 3.8) is 0 Å². The fraction of sp³-hybridized carbons (Fsp3) is 0. The highest BCUT2D eigenvalue weighted by atomic mass is 32.1. The van der Waals surface area contributed by atoms with Crippen LogP contribution >= 0.6 is 11.3 Å². The molecule has 14 aromatic rings. The lowest BCUT2D eigenvalue weighted by atomic mass is 9.97. The van der Waals surface area contributed by atoms with Crippen LogP contribution in [0.2, 0.25) is 0 Å².